The van der Waals surface area contributed by atoms with Gasteiger partial charge < -0.3 is 23.4 Å². The molecular formula is C29H30N4O5. The monoisotopic (exact) mass is 514 g/mol. The number of nitrogens with zero attached hydrogens (tertiary/aromatic N) is 3. The second-order valence-corrected chi connectivity index (χ2v) is 8.91. The maximum atomic E-state index is 12.5. The van der Waals surface area contributed by atoms with Crippen LogP contribution in [0.3, 0.4) is 0 Å². The van der Waals surface area contributed by atoms with Crippen molar-refractivity contribution >= 4 is 23.8 Å². The van der Waals surface area contributed by atoms with Crippen molar-refractivity contribution < 1.29 is 23.5 Å². The number of benzene rings is 2. The molecule has 1 amide bonds. The van der Waals surface area contributed by atoms with Crippen LogP contribution < -0.4 is 19.8 Å². The van der Waals surface area contributed by atoms with Crippen molar-refractivity contribution in [2.24, 2.45) is 5.10 Å². The van der Waals surface area contributed by atoms with E-state index in [1.54, 1.807) is 24.3 Å². The predicted molar refractivity (Wildman–Crippen MR) is 145 cm³/mol. The average molecular weight is 515 g/mol. The van der Waals surface area contributed by atoms with E-state index in [1.165, 1.54) is 13.1 Å². The molecular weight excluding hydrogens is 484 g/mol. The van der Waals surface area contributed by atoms with E-state index in [0.717, 1.165) is 22.8 Å². The largest absolute Gasteiger partial charge is 0.486 e. The fourth-order valence-electron chi connectivity index (χ4n) is 3.87. The lowest BCUT2D eigenvalue weighted by atomic mass is 10.2. The second-order valence-electron chi connectivity index (χ2n) is 8.91. The van der Waals surface area contributed by atoms with Gasteiger partial charge in [-0.1, -0.05) is 0 Å². The lowest BCUT2D eigenvalue weighted by Gasteiger charge is -2.14. The van der Waals surface area contributed by atoms with E-state index >= 15 is 0 Å². The molecule has 0 aliphatic rings. The lowest BCUT2D eigenvalue weighted by Crippen LogP contribution is -2.17. The standard InChI is InChI=1S/C29H30N4O5/c1-19-6-7-20(2)33(19)23-10-12-25(13-11-23)36-18-26-14-15-27(38-26)29(35)31-30-17-22-8-9-24(32(4)5)16-28(22)37-21(3)34/h6-17H,18H2,1-5H3,(H,31,35)/b30-17+. The summed E-state index contributed by atoms with van der Waals surface area (Å²) in [5.41, 5.74) is 7.20. The number of aryl methyl sites for hydroxylation is 2. The van der Waals surface area contributed by atoms with Crippen molar-refractivity contribution in [3.8, 4) is 17.2 Å². The van der Waals surface area contributed by atoms with Crippen LogP contribution in [0.15, 0.2) is 76.2 Å². The van der Waals surface area contributed by atoms with E-state index in [-0.39, 0.29) is 12.4 Å². The van der Waals surface area contributed by atoms with Crippen LogP contribution in [-0.2, 0) is 11.4 Å². The van der Waals surface area contributed by atoms with Gasteiger partial charge in [-0.2, -0.15) is 5.10 Å². The number of carbonyl (C=O) groups is 2. The Bertz CT molecular complexity index is 1450. The van der Waals surface area contributed by atoms with Gasteiger partial charge in [0.1, 0.15) is 23.9 Å². The molecule has 2 heterocycles. The van der Waals surface area contributed by atoms with Gasteiger partial charge in [-0.05, 0) is 74.5 Å². The molecule has 2 aromatic heterocycles. The van der Waals surface area contributed by atoms with E-state index in [1.807, 2.05) is 49.3 Å². The molecule has 0 bridgehead atoms. The van der Waals surface area contributed by atoms with E-state index in [0.29, 0.717) is 22.8 Å². The summed E-state index contributed by atoms with van der Waals surface area (Å²) in [6.45, 7) is 5.62. The molecule has 196 valence electrons. The Labute approximate surface area is 221 Å². The number of hydrogen-bond acceptors (Lipinski definition) is 7. The number of anilines is 1. The third-order valence-corrected chi connectivity index (χ3v) is 5.77. The molecule has 38 heavy (non-hydrogen) atoms. The lowest BCUT2D eigenvalue weighted by molar-refractivity contribution is -0.131. The maximum Gasteiger partial charge on any atom is 0.308 e. The van der Waals surface area contributed by atoms with Crippen LogP contribution >= 0.6 is 0 Å². The summed E-state index contributed by atoms with van der Waals surface area (Å²) in [4.78, 5) is 25.8. The number of aromatic nitrogens is 1. The smallest absolute Gasteiger partial charge is 0.308 e. The molecule has 0 aliphatic carbocycles. The van der Waals surface area contributed by atoms with Gasteiger partial charge in [0.25, 0.3) is 0 Å². The molecule has 4 rings (SSSR count). The highest BCUT2D eigenvalue weighted by molar-refractivity contribution is 5.93. The van der Waals surface area contributed by atoms with Gasteiger partial charge in [0.15, 0.2) is 5.76 Å². The first-order chi connectivity index (χ1) is 18.2. The number of amides is 1. The third kappa shape index (κ3) is 6.31. The van der Waals surface area contributed by atoms with Crippen LogP contribution in [0, 0.1) is 13.8 Å². The topological polar surface area (TPSA) is 98.3 Å². The highest BCUT2D eigenvalue weighted by Gasteiger charge is 2.12. The molecule has 9 heteroatoms. The summed E-state index contributed by atoms with van der Waals surface area (Å²) in [7, 11) is 3.76. The van der Waals surface area contributed by atoms with E-state index in [9.17, 15) is 9.59 Å². The van der Waals surface area contributed by atoms with E-state index in [2.05, 4.69) is 41.1 Å². The van der Waals surface area contributed by atoms with Crippen molar-refractivity contribution in [2.45, 2.75) is 27.4 Å². The molecule has 0 fully saturated rings. The molecule has 0 saturated carbocycles. The van der Waals surface area contributed by atoms with Crippen LogP contribution in [-0.4, -0.2) is 36.8 Å². The van der Waals surface area contributed by atoms with Crippen molar-refractivity contribution in [2.75, 3.05) is 19.0 Å². The Kier molecular flexibility index (Phi) is 7.96. The van der Waals surface area contributed by atoms with Crippen LogP contribution in [0.25, 0.3) is 5.69 Å². The molecule has 0 unspecified atom stereocenters. The minimum absolute atomic E-state index is 0.0952. The fraction of sp³-hybridized carbons (Fsp3) is 0.207. The van der Waals surface area contributed by atoms with Gasteiger partial charge >= 0.3 is 11.9 Å². The molecule has 9 nitrogen and oxygen atoms in total. The highest BCUT2D eigenvalue weighted by atomic mass is 16.5. The molecule has 0 spiro atoms. The summed E-state index contributed by atoms with van der Waals surface area (Å²) in [6, 6.07) is 20.5. The van der Waals surface area contributed by atoms with Gasteiger partial charge in [0, 0.05) is 55.4 Å². The van der Waals surface area contributed by atoms with Gasteiger partial charge in [0.2, 0.25) is 0 Å². The molecule has 0 atom stereocenters. The number of hydrazone groups is 1. The summed E-state index contributed by atoms with van der Waals surface area (Å²) >= 11 is 0. The Morgan fingerprint density at radius 3 is 2.37 bits per heavy atom. The highest BCUT2D eigenvalue weighted by Crippen LogP contribution is 2.24. The van der Waals surface area contributed by atoms with E-state index in [4.69, 9.17) is 13.9 Å². The number of ether oxygens (including phenoxy) is 2. The second kappa shape index (κ2) is 11.5. The van der Waals surface area contributed by atoms with Crippen molar-refractivity contribution in [1.82, 2.24) is 9.99 Å². The normalized spacial score (nSPS) is 11.0. The minimum Gasteiger partial charge on any atom is -0.486 e. The van der Waals surface area contributed by atoms with Crippen molar-refractivity contribution in [3.63, 3.8) is 0 Å². The van der Waals surface area contributed by atoms with Gasteiger partial charge in [0.05, 0.1) is 6.21 Å². The van der Waals surface area contributed by atoms with Gasteiger partial charge in [-0.25, -0.2) is 5.43 Å². The van der Waals surface area contributed by atoms with Crippen molar-refractivity contribution in [1.29, 1.82) is 0 Å². The first-order valence-corrected chi connectivity index (χ1v) is 12.0. The molecule has 0 aliphatic heterocycles. The maximum absolute atomic E-state index is 12.5. The molecule has 1 N–H and O–H groups in total. The zero-order valence-electron chi connectivity index (χ0n) is 22.0. The molecule has 0 radical (unpaired) electrons. The van der Waals surface area contributed by atoms with Crippen LogP contribution in [0.5, 0.6) is 11.5 Å². The van der Waals surface area contributed by atoms with Crippen LogP contribution in [0.4, 0.5) is 5.69 Å². The number of nitrogens with one attached hydrogen (secondary N) is 1. The Morgan fingerprint density at radius 2 is 1.71 bits per heavy atom. The first kappa shape index (κ1) is 26.3. The predicted octanol–water partition coefficient (Wildman–Crippen LogP) is 5.02. The zero-order chi connectivity index (χ0) is 27.2. The fourth-order valence-corrected chi connectivity index (χ4v) is 3.87. The number of carbonyl (C=O) groups excluding carboxylic acids is 2. The molecule has 2 aromatic carbocycles. The summed E-state index contributed by atoms with van der Waals surface area (Å²) in [6.07, 6.45) is 1.41. The average Bonchev–Trinajstić information content (AvgIpc) is 3.49. The molecule has 0 saturated heterocycles. The quantitative estimate of drug-likeness (QED) is 0.146. The Morgan fingerprint density at radius 1 is 1.00 bits per heavy atom. The van der Waals surface area contributed by atoms with E-state index < -0.39 is 11.9 Å². The number of furan rings is 1. The van der Waals surface area contributed by atoms with Crippen LogP contribution in [0.1, 0.15) is 40.2 Å². The van der Waals surface area contributed by atoms with Crippen LogP contribution in [0.2, 0.25) is 0 Å². The summed E-state index contributed by atoms with van der Waals surface area (Å²) < 4.78 is 18.9. The van der Waals surface area contributed by atoms with Crippen molar-refractivity contribution in [3.05, 3.63) is 95.2 Å². The number of hydrogen-bond donors (Lipinski definition) is 1. The minimum atomic E-state index is -0.520. The van der Waals surface area contributed by atoms with Gasteiger partial charge in [-0.3, -0.25) is 9.59 Å². The molecule has 4 aromatic rings. The summed E-state index contributed by atoms with van der Waals surface area (Å²) in [5.74, 6) is 0.646. The number of esters is 1. The number of rotatable bonds is 9. The zero-order valence-corrected chi connectivity index (χ0v) is 22.0. The SMILES string of the molecule is CC(=O)Oc1cc(N(C)C)ccc1/C=N/NC(=O)c1ccc(COc2ccc(-n3c(C)ccc3C)cc2)o1. The van der Waals surface area contributed by atoms with Gasteiger partial charge in [-0.15, -0.1) is 0 Å². The Balaban J connectivity index is 1.34. The first-order valence-electron chi connectivity index (χ1n) is 12.0. The Hall–Kier alpha value is -4.79. The summed E-state index contributed by atoms with van der Waals surface area (Å²) in [5, 5.41) is 3.98. The third-order valence-electron chi connectivity index (χ3n) is 5.77.